The number of hydrogen-bond donors (Lipinski definition) is 0. The molecule has 0 aliphatic carbocycles. The average Bonchev–Trinajstić information content (AvgIpc) is 2.67. The minimum Gasteiger partial charge on any atom is -0.495 e. The van der Waals surface area contributed by atoms with Gasteiger partial charge in [0.2, 0.25) is 0 Å². The number of hydrogen-bond acceptors (Lipinski definition) is 4. The van der Waals surface area contributed by atoms with E-state index in [2.05, 4.69) is 4.90 Å². The Bertz CT molecular complexity index is 756. The summed E-state index contributed by atoms with van der Waals surface area (Å²) in [5.74, 6) is 1.39. The zero-order valence-corrected chi connectivity index (χ0v) is 15.8. The van der Waals surface area contributed by atoms with Gasteiger partial charge in [-0.15, -0.1) is 0 Å². The van der Waals surface area contributed by atoms with Gasteiger partial charge in [0.1, 0.15) is 11.5 Å². The fourth-order valence-electron chi connectivity index (χ4n) is 2.94. The monoisotopic (exact) mass is 374 g/mol. The maximum absolute atomic E-state index is 12.4. The quantitative estimate of drug-likeness (QED) is 0.804. The van der Waals surface area contributed by atoms with Crippen LogP contribution in [0, 0.1) is 6.92 Å². The summed E-state index contributed by atoms with van der Waals surface area (Å²) in [5, 5.41) is 0.593. The Hall–Kier alpha value is -2.40. The molecule has 1 aliphatic rings. The SMILES string of the molecule is COc1ccc(N2CCN(C(=O)COc3ccc(C)cc3)CC2)cc1Cl. The number of benzene rings is 2. The lowest BCUT2D eigenvalue weighted by atomic mass is 10.2. The molecule has 0 aromatic heterocycles. The third-order valence-corrected chi connectivity index (χ3v) is 4.81. The summed E-state index contributed by atoms with van der Waals surface area (Å²) < 4.78 is 10.8. The van der Waals surface area contributed by atoms with Crippen molar-refractivity contribution in [2.45, 2.75) is 6.92 Å². The number of methoxy groups -OCH3 is 1. The van der Waals surface area contributed by atoms with Crippen molar-refractivity contribution in [3.63, 3.8) is 0 Å². The van der Waals surface area contributed by atoms with E-state index in [0.29, 0.717) is 23.9 Å². The zero-order chi connectivity index (χ0) is 18.5. The third-order valence-electron chi connectivity index (χ3n) is 4.52. The van der Waals surface area contributed by atoms with Crippen LogP contribution in [-0.4, -0.2) is 50.7 Å². The van der Waals surface area contributed by atoms with E-state index in [9.17, 15) is 4.79 Å². The number of nitrogens with zero attached hydrogens (tertiary/aromatic N) is 2. The summed E-state index contributed by atoms with van der Waals surface area (Å²) in [6, 6.07) is 13.5. The normalized spacial score (nSPS) is 14.3. The van der Waals surface area contributed by atoms with Crippen LogP contribution in [0.1, 0.15) is 5.56 Å². The number of carbonyl (C=O) groups excluding carboxylic acids is 1. The van der Waals surface area contributed by atoms with Crippen molar-refractivity contribution < 1.29 is 14.3 Å². The molecule has 0 radical (unpaired) electrons. The molecule has 0 bridgehead atoms. The summed E-state index contributed by atoms with van der Waals surface area (Å²) in [4.78, 5) is 16.4. The second-order valence-corrected chi connectivity index (χ2v) is 6.70. The van der Waals surface area contributed by atoms with Crippen molar-refractivity contribution in [2.24, 2.45) is 0 Å². The van der Waals surface area contributed by atoms with Gasteiger partial charge in [-0.05, 0) is 37.3 Å². The standard InChI is InChI=1S/C20H23ClN2O3/c1-15-3-6-17(7-4-15)26-14-20(24)23-11-9-22(10-12-23)16-5-8-19(25-2)18(21)13-16/h3-8,13H,9-12,14H2,1-2H3. The molecule has 3 rings (SSSR count). The first kappa shape index (κ1) is 18.4. The number of aryl methyl sites for hydroxylation is 1. The van der Waals surface area contributed by atoms with E-state index in [1.165, 1.54) is 5.56 Å². The Morgan fingerprint density at radius 1 is 1.08 bits per heavy atom. The number of ether oxygens (including phenoxy) is 2. The number of rotatable bonds is 5. The molecule has 6 heteroatoms. The van der Waals surface area contributed by atoms with Gasteiger partial charge in [-0.1, -0.05) is 29.3 Å². The summed E-state index contributed by atoms with van der Waals surface area (Å²) in [6.45, 7) is 4.94. The van der Waals surface area contributed by atoms with Gasteiger partial charge in [-0.3, -0.25) is 4.79 Å². The molecule has 138 valence electrons. The first-order valence-corrected chi connectivity index (χ1v) is 9.00. The van der Waals surface area contributed by atoms with Crippen LogP contribution in [0.15, 0.2) is 42.5 Å². The largest absolute Gasteiger partial charge is 0.495 e. The first-order valence-electron chi connectivity index (χ1n) is 8.62. The summed E-state index contributed by atoms with van der Waals surface area (Å²) in [6.07, 6.45) is 0. The molecular weight excluding hydrogens is 352 g/mol. The Kier molecular flexibility index (Phi) is 5.89. The van der Waals surface area contributed by atoms with Crippen LogP contribution in [0.5, 0.6) is 11.5 Å². The Morgan fingerprint density at radius 3 is 2.38 bits per heavy atom. The predicted octanol–water partition coefficient (Wildman–Crippen LogP) is 3.38. The van der Waals surface area contributed by atoms with Gasteiger partial charge in [0.15, 0.2) is 6.61 Å². The molecule has 1 heterocycles. The van der Waals surface area contributed by atoms with Crippen LogP contribution in [-0.2, 0) is 4.79 Å². The summed E-state index contributed by atoms with van der Waals surface area (Å²) >= 11 is 6.20. The fourth-order valence-corrected chi connectivity index (χ4v) is 3.19. The minimum atomic E-state index is 0.0120. The molecule has 1 fully saturated rings. The zero-order valence-electron chi connectivity index (χ0n) is 15.1. The lowest BCUT2D eigenvalue weighted by molar-refractivity contribution is -0.133. The number of carbonyl (C=O) groups is 1. The smallest absolute Gasteiger partial charge is 0.260 e. The second kappa shape index (κ2) is 8.32. The molecule has 26 heavy (non-hydrogen) atoms. The maximum atomic E-state index is 12.4. The van der Waals surface area contributed by atoms with E-state index in [-0.39, 0.29) is 12.5 Å². The Labute approximate surface area is 159 Å². The molecule has 0 saturated carbocycles. The highest BCUT2D eigenvalue weighted by molar-refractivity contribution is 6.32. The van der Waals surface area contributed by atoms with Crippen LogP contribution < -0.4 is 14.4 Å². The van der Waals surface area contributed by atoms with Gasteiger partial charge in [0, 0.05) is 31.9 Å². The number of halogens is 1. The van der Waals surface area contributed by atoms with Gasteiger partial charge in [-0.2, -0.15) is 0 Å². The molecule has 1 aliphatic heterocycles. The van der Waals surface area contributed by atoms with Gasteiger partial charge >= 0.3 is 0 Å². The molecule has 2 aromatic carbocycles. The molecule has 1 saturated heterocycles. The van der Waals surface area contributed by atoms with Crippen LogP contribution in [0.2, 0.25) is 5.02 Å². The van der Waals surface area contributed by atoms with Crippen molar-refractivity contribution in [1.29, 1.82) is 0 Å². The third kappa shape index (κ3) is 4.41. The van der Waals surface area contributed by atoms with E-state index >= 15 is 0 Å². The van der Waals surface area contributed by atoms with Crippen LogP contribution in [0.3, 0.4) is 0 Å². The molecule has 1 amide bonds. The first-order chi connectivity index (χ1) is 12.6. The van der Waals surface area contributed by atoms with E-state index in [1.54, 1.807) is 7.11 Å². The topological polar surface area (TPSA) is 42.0 Å². The van der Waals surface area contributed by atoms with Gasteiger partial charge < -0.3 is 19.3 Å². The predicted molar refractivity (Wildman–Crippen MR) is 103 cm³/mol. The molecule has 5 nitrogen and oxygen atoms in total. The van der Waals surface area contributed by atoms with E-state index in [4.69, 9.17) is 21.1 Å². The molecule has 0 atom stereocenters. The number of amides is 1. The Balaban J connectivity index is 1.50. The summed E-state index contributed by atoms with van der Waals surface area (Å²) in [5.41, 5.74) is 2.21. The van der Waals surface area contributed by atoms with Crippen molar-refractivity contribution >= 4 is 23.2 Å². The lowest BCUT2D eigenvalue weighted by Gasteiger charge is -2.36. The van der Waals surface area contributed by atoms with Crippen molar-refractivity contribution in [1.82, 2.24) is 4.90 Å². The maximum Gasteiger partial charge on any atom is 0.260 e. The highest BCUT2D eigenvalue weighted by atomic mass is 35.5. The van der Waals surface area contributed by atoms with Crippen LogP contribution in [0.4, 0.5) is 5.69 Å². The molecular formula is C20H23ClN2O3. The van der Waals surface area contributed by atoms with E-state index < -0.39 is 0 Å². The van der Waals surface area contributed by atoms with Crippen molar-refractivity contribution in [3.8, 4) is 11.5 Å². The molecule has 0 spiro atoms. The van der Waals surface area contributed by atoms with Gasteiger partial charge in [0.05, 0.1) is 12.1 Å². The van der Waals surface area contributed by atoms with Crippen LogP contribution >= 0.6 is 11.6 Å². The average molecular weight is 375 g/mol. The Morgan fingerprint density at radius 2 is 1.77 bits per heavy atom. The minimum absolute atomic E-state index is 0.0120. The number of anilines is 1. The van der Waals surface area contributed by atoms with E-state index in [1.807, 2.05) is 54.3 Å². The second-order valence-electron chi connectivity index (χ2n) is 6.29. The fraction of sp³-hybridized carbons (Fsp3) is 0.350. The molecule has 0 N–H and O–H groups in total. The lowest BCUT2D eigenvalue weighted by Crippen LogP contribution is -2.50. The highest BCUT2D eigenvalue weighted by Gasteiger charge is 2.22. The molecule has 2 aromatic rings. The van der Waals surface area contributed by atoms with Crippen molar-refractivity contribution in [3.05, 3.63) is 53.1 Å². The van der Waals surface area contributed by atoms with Gasteiger partial charge in [0.25, 0.3) is 5.91 Å². The van der Waals surface area contributed by atoms with Crippen molar-refractivity contribution in [2.75, 3.05) is 44.8 Å². The molecule has 0 unspecified atom stereocenters. The number of piperazine rings is 1. The van der Waals surface area contributed by atoms with Crippen LogP contribution in [0.25, 0.3) is 0 Å². The van der Waals surface area contributed by atoms with Gasteiger partial charge in [-0.25, -0.2) is 0 Å². The highest BCUT2D eigenvalue weighted by Crippen LogP contribution is 2.29. The summed E-state index contributed by atoms with van der Waals surface area (Å²) in [7, 11) is 1.60. The van der Waals surface area contributed by atoms with E-state index in [0.717, 1.165) is 24.5 Å².